The van der Waals surface area contributed by atoms with Gasteiger partial charge in [0.15, 0.2) is 11.5 Å². The van der Waals surface area contributed by atoms with Crippen molar-refractivity contribution in [3.05, 3.63) is 64.7 Å². The van der Waals surface area contributed by atoms with Crippen molar-refractivity contribution in [2.24, 2.45) is 11.7 Å². The van der Waals surface area contributed by atoms with Crippen LogP contribution >= 0.6 is 0 Å². The largest absolute Gasteiger partial charge is 0.493 e. The molecule has 4 rings (SSSR count). The molecule has 1 aliphatic heterocycles. The SMILES string of the molecule is COc1cc(C(=O)N(C/C(C)=C/c2ccc(F)cc2F)CC2CCCN2C[C@H]2CC[C@@H](N)CC2)ccc1OC(F)F. The molecule has 0 spiro atoms. The summed E-state index contributed by atoms with van der Waals surface area (Å²) in [5, 5.41) is 0. The van der Waals surface area contributed by atoms with Crippen LogP contribution in [0.5, 0.6) is 11.5 Å². The molecule has 2 aromatic rings. The van der Waals surface area contributed by atoms with Crippen molar-refractivity contribution in [2.75, 3.05) is 33.3 Å². The van der Waals surface area contributed by atoms with Crippen LogP contribution in [0.2, 0.25) is 0 Å². The summed E-state index contributed by atoms with van der Waals surface area (Å²) in [6.07, 6.45) is 7.84. The van der Waals surface area contributed by atoms with Crippen LogP contribution in [0.25, 0.3) is 6.08 Å². The Balaban J connectivity index is 1.56. The Bertz CT molecular complexity index is 1220. The lowest BCUT2D eigenvalue weighted by atomic mass is 9.86. The number of alkyl halides is 2. The number of likely N-dealkylation sites (tertiary alicyclic amines) is 1. The number of carbonyl (C=O) groups excluding carboxylic acids is 1. The Morgan fingerprint density at radius 3 is 2.54 bits per heavy atom. The predicted octanol–water partition coefficient (Wildman–Crippen LogP) is 6.10. The van der Waals surface area contributed by atoms with Crippen LogP contribution in [-0.4, -0.2) is 67.7 Å². The van der Waals surface area contributed by atoms with Crippen LogP contribution in [0.1, 0.15) is 61.4 Å². The number of halogens is 4. The van der Waals surface area contributed by atoms with E-state index in [4.69, 9.17) is 10.5 Å². The molecule has 1 saturated heterocycles. The van der Waals surface area contributed by atoms with E-state index in [1.54, 1.807) is 17.9 Å². The summed E-state index contributed by atoms with van der Waals surface area (Å²) >= 11 is 0. The number of hydrogen-bond acceptors (Lipinski definition) is 5. The van der Waals surface area contributed by atoms with Crippen molar-refractivity contribution in [2.45, 2.75) is 64.1 Å². The second kappa shape index (κ2) is 14.2. The Kier molecular flexibility index (Phi) is 10.7. The first-order valence-electron chi connectivity index (χ1n) is 14.2. The minimum absolute atomic E-state index is 0.0229. The van der Waals surface area contributed by atoms with Crippen molar-refractivity contribution in [3.8, 4) is 11.5 Å². The summed E-state index contributed by atoms with van der Waals surface area (Å²) in [5.41, 5.74) is 7.29. The van der Waals surface area contributed by atoms with E-state index in [1.807, 2.05) is 0 Å². The zero-order chi connectivity index (χ0) is 29.5. The van der Waals surface area contributed by atoms with Crippen LogP contribution in [-0.2, 0) is 0 Å². The molecule has 1 aliphatic carbocycles. The number of benzene rings is 2. The fraction of sp³-hybridized carbons (Fsp3) is 0.516. The average molecular weight is 578 g/mol. The van der Waals surface area contributed by atoms with Crippen LogP contribution in [0.15, 0.2) is 42.0 Å². The van der Waals surface area contributed by atoms with Gasteiger partial charge in [-0.05, 0) is 88.2 Å². The summed E-state index contributed by atoms with van der Waals surface area (Å²) in [5.74, 6) is -1.22. The molecule has 10 heteroatoms. The number of carbonyl (C=O) groups is 1. The number of nitrogens with two attached hydrogens (primary N) is 1. The van der Waals surface area contributed by atoms with Gasteiger partial charge in [0.1, 0.15) is 11.6 Å². The molecule has 41 heavy (non-hydrogen) atoms. The smallest absolute Gasteiger partial charge is 0.387 e. The number of ether oxygens (including phenoxy) is 2. The zero-order valence-corrected chi connectivity index (χ0v) is 23.6. The van der Waals surface area contributed by atoms with Gasteiger partial charge < -0.3 is 20.1 Å². The van der Waals surface area contributed by atoms with E-state index in [0.29, 0.717) is 18.0 Å². The molecular formula is C31H39F4N3O3. The molecule has 6 nitrogen and oxygen atoms in total. The van der Waals surface area contributed by atoms with Gasteiger partial charge in [0.05, 0.1) is 7.11 Å². The van der Waals surface area contributed by atoms with Crippen LogP contribution < -0.4 is 15.2 Å². The van der Waals surface area contributed by atoms with Crippen molar-refractivity contribution in [3.63, 3.8) is 0 Å². The molecule has 0 radical (unpaired) electrons. The minimum atomic E-state index is -3.03. The molecule has 2 N–H and O–H groups in total. The standard InChI is InChI=1S/C31H39F4N3O3/c1-20(14-22-7-9-24(32)16-27(22)33)17-38(30(39)23-8-12-28(41-31(34)35)29(15-23)40-2)19-26-4-3-13-37(26)18-21-5-10-25(36)11-6-21/h7-9,12,14-16,21,25-26,31H,3-6,10-11,13,17-19,36H2,1-2H3/b20-14+/t21-,25+,26?. The highest BCUT2D eigenvalue weighted by Crippen LogP contribution is 2.31. The van der Waals surface area contributed by atoms with Crippen molar-refractivity contribution < 1.29 is 31.8 Å². The summed E-state index contributed by atoms with van der Waals surface area (Å²) in [6.45, 7) is 1.33. The van der Waals surface area contributed by atoms with Gasteiger partial charge in [-0.3, -0.25) is 9.69 Å². The van der Waals surface area contributed by atoms with Crippen molar-refractivity contribution >= 4 is 12.0 Å². The molecule has 1 saturated carbocycles. The Hall–Kier alpha value is -3.11. The fourth-order valence-corrected chi connectivity index (χ4v) is 5.93. The lowest BCUT2D eigenvalue weighted by Crippen LogP contribution is -2.45. The third-order valence-corrected chi connectivity index (χ3v) is 8.03. The van der Waals surface area contributed by atoms with Gasteiger partial charge in [0, 0.05) is 48.9 Å². The average Bonchev–Trinajstić information content (AvgIpc) is 3.37. The van der Waals surface area contributed by atoms with Crippen LogP contribution in [0, 0.1) is 17.6 Å². The van der Waals surface area contributed by atoms with Gasteiger partial charge in [-0.1, -0.05) is 11.6 Å². The van der Waals surface area contributed by atoms with E-state index < -0.39 is 18.2 Å². The van der Waals surface area contributed by atoms with E-state index >= 15 is 0 Å². The summed E-state index contributed by atoms with van der Waals surface area (Å²) in [6, 6.07) is 7.93. The molecule has 2 aromatic carbocycles. The zero-order valence-electron chi connectivity index (χ0n) is 23.6. The Morgan fingerprint density at radius 1 is 1.10 bits per heavy atom. The minimum Gasteiger partial charge on any atom is -0.493 e. The number of methoxy groups -OCH3 is 1. The second-order valence-electron chi connectivity index (χ2n) is 11.2. The summed E-state index contributed by atoms with van der Waals surface area (Å²) in [4.78, 5) is 18.0. The molecule has 0 aromatic heterocycles. The van der Waals surface area contributed by atoms with Crippen molar-refractivity contribution in [1.82, 2.24) is 9.80 Å². The highest BCUT2D eigenvalue weighted by Gasteiger charge is 2.31. The van der Waals surface area contributed by atoms with E-state index in [9.17, 15) is 22.4 Å². The van der Waals surface area contributed by atoms with Crippen LogP contribution in [0.4, 0.5) is 17.6 Å². The first-order valence-corrected chi connectivity index (χ1v) is 14.2. The topological polar surface area (TPSA) is 68.0 Å². The molecular weight excluding hydrogens is 538 g/mol. The van der Waals surface area contributed by atoms with Gasteiger partial charge in [-0.2, -0.15) is 8.78 Å². The van der Waals surface area contributed by atoms with Gasteiger partial charge in [0.25, 0.3) is 5.91 Å². The first-order chi connectivity index (χ1) is 19.6. The number of amides is 1. The van der Waals surface area contributed by atoms with Crippen molar-refractivity contribution in [1.29, 1.82) is 0 Å². The van der Waals surface area contributed by atoms with Crippen LogP contribution in [0.3, 0.4) is 0 Å². The molecule has 0 bridgehead atoms. The van der Waals surface area contributed by atoms with E-state index in [1.165, 1.54) is 37.4 Å². The highest BCUT2D eigenvalue weighted by atomic mass is 19.3. The fourth-order valence-electron chi connectivity index (χ4n) is 5.93. The molecule has 2 aliphatic rings. The third-order valence-electron chi connectivity index (χ3n) is 8.03. The molecule has 1 unspecified atom stereocenters. The maximum atomic E-state index is 14.4. The monoisotopic (exact) mass is 577 g/mol. The third kappa shape index (κ3) is 8.45. The second-order valence-corrected chi connectivity index (χ2v) is 11.2. The first kappa shape index (κ1) is 30.8. The summed E-state index contributed by atoms with van der Waals surface area (Å²) < 4.78 is 63.2. The number of hydrogen-bond donors (Lipinski definition) is 1. The predicted molar refractivity (Wildman–Crippen MR) is 150 cm³/mol. The van der Waals surface area contributed by atoms with E-state index in [2.05, 4.69) is 9.64 Å². The normalized spacial score (nSPS) is 21.8. The molecule has 224 valence electrons. The summed E-state index contributed by atoms with van der Waals surface area (Å²) in [7, 11) is 1.32. The molecule has 1 amide bonds. The number of nitrogens with zero attached hydrogens (tertiary/aromatic N) is 2. The maximum Gasteiger partial charge on any atom is 0.387 e. The lowest BCUT2D eigenvalue weighted by Gasteiger charge is -2.35. The van der Waals surface area contributed by atoms with Gasteiger partial charge in [0.2, 0.25) is 0 Å². The molecule has 1 atom stereocenters. The van der Waals surface area contributed by atoms with Gasteiger partial charge in [-0.15, -0.1) is 0 Å². The van der Waals surface area contributed by atoms with Gasteiger partial charge >= 0.3 is 6.61 Å². The molecule has 1 heterocycles. The Labute approximate surface area is 239 Å². The Morgan fingerprint density at radius 2 is 1.85 bits per heavy atom. The maximum absolute atomic E-state index is 14.4. The number of rotatable bonds is 11. The quantitative estimate of drug-likeness (QED) is 0.327. The van der Waals surface area contributed by atoms with Gasteiger partial charge in [-0.25, -0.2) is 8.78 Å². The highest BCUT2D eigenvalue weighted by molar-refractivity contribution is 5.95. The van der Waals surface area contributed by atoms with E-state index in [0.717, 1.165) is 57.7 Å². The molecule has 2 fully saturated rings. The van der Waals surface area contributed by atoms with E-state index in [-0.39, 0.29) is 47.2 Å². The lowest BCUT2D eigenvalue weighted by molar-refractivity contribution is -0.0512.